The van der Waals surface area contributed by atoms with Gasteiger partial charge in [0.2, 0.25) is 0 Å². The van der Waals surface area contributed by atoms with Crippen LogP contribution in [0.25, 0.3) is 0 Å². The minimum absolute atomic E-state index is 0.0306. The van der Waals surface area contributed by atoms with Crippen molar-refractivity contribution in [3.05, 3.63) is 11.3 Å². The third kappa shape index (κ3) is 1.67. The first-order chi connectivity index (χ1) is 7.24. The Morgan fingerprint density at radius 3 is 3.13 bits per heavy atom. The van der Waals surface area contributed by atoms with Gasteiger partial charge in [0, 0.05) is 13.6 Å². The van der Waals surface area contributed by atoms with Crippen LogP contribution in [0.2, 0.25) is 0 Å². The Balaban J connectivity index is 2.35. The Morgan fingerprint density at radius 1 is 1.73 bits per heavy atom. The van der Waals surface area contributed by atoms with Gasteiger partial charge in [0.05, 0.1) is 19.3 Å². The summed E-state index contributed by atoms with van der Waals surface area (Å²) in [5.41, 5.74) is 6.85. The number of nitrogens with zero attached hydrogens (tertiary/aromatic N) is 3. The third-order valence-corrected chi connectivity index (χ3v) is 2.48. The molecule has 1 unspecified atom stereocenters. The van der Waals surface area contributed by atoms with E-state index in [4.69, 9.17) is 15.7 Å². The van der Waals surface area contributed by atoms with E-state index in [9.17, 15) is 0 Å². The maximum Gasteiger partial charge on any atom is 0.139 e. The van der Waals surface area contributed by atoms with Crippen molar-refractivity contribution in [2.45, 2.75) is 6.04 Å². The van der Waals surface area contributed by atoms with Gasteiger partial charge in [-0.3, -0.25) is 4.68 Å². The molecule has 1 atom stereocenters. The summed E-state index contributed by atoms with van der Waals surface area (Å²) in [7, 11) is 1.73. The SMILES string of the molecule is Cn1nc(C2COCCN2)c(C#N)c1N. The minimum atomic E-state index is -0.0306. The van der Waals surface area contributed by atoms with Crippen LogP contribution in [0, 0.1) is 11.3 Å². The van der Waals surface area contributed by atoms with Crippen LogP contribution in [0.3, 0.4) is 0 Å². The van der Waals surface area contributed by atoms with Crippen LogP contribution in [-0.2, 0) is 11.8 Å². The molecule has 0 bridgehead atoms. The number of rotatable bonds is 1. The summed E-state index contributed by atoms with van der Waals surface area (Å²) in [5, 5.41) is 16.5. The average Bonchev–Trinajstić information content (AvgIpc) is 2.56. The molecule has 3 N–H and O–H groups in total. The number of ether oxygens (including phenoxy) is 1. The average molecular weight is 207 g/mol. The maximum atomic E-state index is 8.99. The second-order valence-corrected chi connectivity index (χ2v) is 3.46. The third-order valence-electron chi connectivity index (χ3n) is 2.48. The van der Waals surface area contributed by atoms with E-state index >= 15 is 0 Å². The number of nitrogen functional groups attached to an aromatic ring is 1. The quantitative estimate of drug-likeness (QED) is 0.650. The van der Waals surface area contributed by atoms with Gasteiger partial charge in [-0.2, -0.15) is 10.4 Å². The summed E-state index contributed by atoms with van der Waals surface area (Å²) in [6, 6.07) is 2.05. The number of nitriles is 1. The van der Waals surface area contributed by atoms with Crippen LogP contribution in [0.4, 0.5) is 5.82 Å². The Bertz CT molecular complexity index is 399. The van der Waals surface area contributed by atoms with Gasteiger partial charge in [0.1, 0.15) is 23.1 Å². The van der Waals surface area contributed by atoms with Gasteiger partial charge in [-0.25, -0.2) is 0 Å². The van der Waals surface area contributed by atoms with Crippen molar-refractivity contribution < 1.29 is 4.74 Å². The number of nitrogens with one attached hydrogen (secondary N) is 1. The molecule has 0 aromatic carbocycles. The lowest BCUT2D eigenvalue weighted by molar-refractivity contribution is 0.0753. The molecule has 2 heterocycles. The summed E-state index contributed by atoms with van der Waals surface area (Å²) in [5.74, 6) is 0.403. The molecule has 0 saturated carbocycles. The number of anilines is 1. The lowest BCUT2D eigenvalue weighted by Gasteiger charge is -2.22. The van der Waals surface area contributed by atoms with Gasteiger partial charge in [0.25, 0.3) is 0 Å². The zero-order valence-electron chi connectivity index (χ0n) is 8.53. The molecule has 1 saturated heterocycles. The molecular formula is C9H13N5O. The predicted molar refractivity (Wildman–Crippen MR) is 53.9 cm³/mol. The molecule has 1 aromatic heterocycles. The summed E-state index contributed by atoms with van der Waals surface area (Å²) in [4.78, 5) is 0. The van der Waals surface area contributed by atoms with Crippen LogP contribution in [0.15, 0.2) is 0 Å². The van der Waals surface area contributed by atoms with E-state index in [-0.39, 0.29) is 6.04 Å². The molecule has 1 aromatic rings. The van der Waals surface area contributed by atoms with E-state index in [1.165, 1.54) is 4.68 Å². The highest BCUT2D eigenvalue weighted by Gasteiger charge is 2.24. The van der Waals surface area contributed by atoms with Gasteiger partial charge in [-0.15, -0.1) is 0 Å². The number of morpholine rings is 1. The largest absolute Gasteiger partial charge is 0.383 e. The van der Waals surface area contributed by atoms with Crippen molar-refractivity contribution in [1.29, 1.82) is 5.26 Å². The molecule has 80 valence electrons. The van der Waals surface area contributed by atoms with Crippen LogP contribution in [-0.4, -0.2) is 29.5 Å². The van der Waals surface area contributed by atoms with E-state index in [2.05, 4.69) is 16.5 Å². The summed E-state index contributed by atoms with van der Waals surface area (Å²) < 4.78 is 6.84. The second-order valence-electron chi connectivity index (χ2n) is 3.46. The fourth-order valence-corrected chi connectivity index (χ4v) is 1.66. The van der Waals surface area contributed by atoms with Crippen molar-refractivity contribution >= 4 is 5.82 Å². The first kappa shape index (κ1) is 9.96. The summed E-state index contributed by atoms with van der Waals surface area (Å²) in [6.07, 6.45) is 0. The van der Waals surface area contributed by atoms with Gasteiger partial charge >= 0.3 is 0 Å². The van der Waals surface area contributed by atoms with Crippen LogP contribution < -0.4 is 11.1 Å². The number of hydrogen-bond acceptors (Lipinski definition) is 5. The molecular weight excluding hydrogens is 194 g/mol. The molecule has 1 aliphatic heterocycles. The summed E-state index contributed by atoms with van der Waals surface area (Å²) >= 11 is 0. The minimum Gasteiger partial charge on any atom is -0.383 e. The standard InChI is InChI=1S/C9H13N5O/c1-14-9(11)6(4-10)8(13-14)7-5-15-3-2-12-7/h7,12H,2-3,5,11H2,1H3. The Kier molecular flexibility index (Phi) is 2.58. The summed E-state index contributed by atoms with van der Waals surface area (Å²) in [6.45, 7) is 2.00. The molecule has 6 nitrogen and oxygen atoms in total. The zero-order chi connectivity index (χ0) is 10.8. The molecule has 1 fully saturated rings. The molecule has 0 radical (unpaired) electrons. The lowest BCUT2D eigenvalue weighted by Crippen LogP contribution is -2.35. The van der Waals surface area contributed by atoms with Crippen molar-refractivity contribution in [2.24, 2.45) is 7.05 Å². The Hall–Kier alpha value is -1.58. The highest BCUT2D eigenvalue weighted by atomic mass is 16.5. The first-order valence-electron chi connectivity index (χ1n) is 4.77. The number of nitrogens with two attached hydrogens (primary N) is 1. The molecule has 0 amide bonds. The van der Waals surface area contributed by atoms with Gasteiger partial charge < -0.3 is 15.8 Å². The van der Waals surface area contributed by atoms with Crippen LogP contribution in [0.5, 0.6) is 0 Å². The first-order valence-corrected chi connectivity index (χ1v) is 4.77. The highest BCUT2D eigenvalue weighted by Crippen LogP contribution is 2.22. The van der Waals surface area contributed by atoms with E-state index in [1.807, 2.05) is 0 Å². The molecule has 0 spiro atoms. The lowest BCUT2D eigenvalue weighted by atomic mass is 10.1. The fourth-order valence-electron chi connectivity index (χ4n) is 1.66. The Labute approximate surface area is 87.6 Å². The van der Waals surface area contributed by atoms with E-state index in [1.54, 1.807) is 7.05 Å². The highest BCUT2D eigenvalue weighted by molar-refractivity contribution is 5.52. The normalized spacial score (nSPS) is 21.2. The maximum absolute atomic E-state index is 8.99. The van der Waals surface area contributed by atoms with Crippen molar-refractivity contribution in [1.82, 2.24) is 15.1 Å². The van der Waals surface area contributed by atoms with E-state index in [0.29, 0.717) is 30.3 Å². The number of hydrogen-bond donors (Lipinski definition) is 2. The monoisotopic (exact) mass is 207 g/mol. The molecule has 2 rings (SSSR count). The molecule has 15 heavy (non-hydrogen) atoms. The van der Waals surface area contributed by atoms with Crippen molar-refractivity contribution in [3.63, 3.8) is 0 Å². The van der Waals surface area contributed by atoms with Crippen molar-refractivity contribution in [2.75, 3.05) is 25.5 Å². The second kappa shape index (κ2) is 3.88. The van der Waals surface area contributed by atoms with Gasteiger partial charge in [0.15, 0.2) is 0 Å². The van der Waals surface area contributed by atoms with E-state index in [0.717, 1.165) is 6.54 Å². The topological polar surface area (TPSA) is 88.9 Å². The van der Waals surface area contributed by atoms with Gasteiger partial charge in [-0.1, -0.05) is 0 Å². The fraction of sp³-hybridized carbons (Fsp3) is 0.556. The Morgan fingerprint density at radius 2 is 2.53 bits per heavy atom. The molecule has 1 aliphatic rings. The molecule has 6 heteroatoms. The number of aryl methyl sites for hydroxylation is 1. The van der Waals surface area contributed by atoms with Gasteiger partial charge in [-0.05, 0) is 0 Å². The van der Waals surface area contributed by atoms with Crippen molar-refractivity contribution in [3.8, 4) is 6.07 Å². The smallest absolute Gasteiger partial charge is 0.139 e. The zero-order valence-corrected chi connectivity index (χ0v) is 8.53. The van der Waals surface area contributed by atoms with Crippen LogP contribution in [0.1, 0.15) is 17.3 Å². The van der Waals surface area contributed by atoms with Crippen LogP contribution >= 0.6 is 0 Å². The van der Waals surface area contributed by atoms with E-state index < -0.39 is 0 Å². The number of aromatic nitrogens is 2. The predicted octanol–water partition coefficient (Wildman–Crippen LogP) is -0.465. The molecule has 0 aliphatic carbocycles.